The number of ether oxygens (including phenoxy) is 1. The number of rotatable bonds is 5. The molecule has 1 saturated heterocycles. The highest BCUT2D eigenvalue weighted by molar-refractivity contribution is 5.83. The standard InChI is InChI=1S/C13H20F3NO3/c1-2-3-4-8-20-11(18)10-6-5-7-17(9-10)12(19)13(14,15)16/h10H,2-9H2,1H3/t10-/m1/s1. The zero-order valence-corrected chi connectivity index (χ0v) is 11.5. The van der Waals surface area contributed by atoms with E-state index in [4.69, 9.17) is 4.74 Å². The van der Waals surface area contributed by atoms with Gasteiger partial charge in [0.05, 0.1) is 12.5 Å². The summed E-state index contributed by atoms with van der Waals surface area (Å²) in [6.45, 7) is 2.14. The molecule has 0 saturated carbocycles. The van der Waals surface area contributed by atoms with Gasteiger partial charge in [-0.05, 0) is 19.3 Å². The van der Waals surface area contributed by atoms with Crippen molar-refractivity contribution in [1.82, 2.24) is 4.90 Å². The van der Waals surface area contributed by atoms with Crippen LogP contribution in [0, 0.1) is 5.92 Å². The first-order valence-corrected chi connectivity index (χ1v) is 6.89. The molecule has 1 aliphatic rings. The van der Waals surface area contributed by atoms with Gasteiger partial charge in [0.1, 0.15) is 0 Å². The fourth-order valence-electron chi connectivity index (χ4n) is 2.18. The van der Waals surface area contributed by atoms with Crippen molar-refractivity contribution in [3.05, 3.63) is 0 Å². The largest absolute Gasteiger partial charge is 0.471 e. The monoisotopic (exact) mass is 295 g/mol. The number of hydrogen-bond donors (Lipinski definition) is 0. The average Bonchev–Trinajstić information content (AvgIpc) is 2.41. The Kier molecular flexibility index (Phi) is 6.29. The quantitative estimate of drug-likeness (QED) is 0.578. The summed E-state index contributed by atoms with van der Waals surface area (Å²) in [6, 6.07) is 0. The lowest BCUT2D eigenvalue weighted by molar-refractivity contribution is -0.188. The Labute approximate surface area is 116 Å². The van der Waals surface area contributed by atoms with Gasteiger partial charge in [0.2, 0.25) is 0 Å². The maximum Gasteiger partial charge on any atom is 0.471 e. The number of halogens is 3. The van der Waals surface area contributed by atoms with E-state index in [0.29, 0.717) is 17.7 Å². The third-order valence-corrected chi connectivity index (χ3v) is 3.28. The third kappa shape index (κ3) is 5.02. The minimum absolute atomic E-state index is 0.0396. The summed E-state index contributed by atoms with van der Waals surface area (Å²) >= 11 is 0. The van der Waals surface area contributed by atoms with Crippen molar-refractivity contribution < 1.29 is 27.5 Å². The molecule has 0 radical (unpaired) electrons. The van der Waals surface area contributed by atoms with Gasteiger partial charge in [-0.3, -0.25) is 9.59 Å². The molecule has 0 aromatic rings. The first-order valence-electron chi connectivity index (χ1n) is 6.89. The van der Waals surface area contributed by atoms with Gasteiger partial charge in [-0.2, -0.15) is 13.2 Å². The van der Waals surface area contributed by atoms with Crippen molar-refractivity contribution in [3.63, 3.8) is 0 Å². The van der Waals surface area contributed by atoms with Crippen LogP contribution >= 0.6 is 0 Å². The molecule has 1 heterocycles. The highest BCUT2D eigenvalue weighted by Gasteiger charge is 2.44. The van der Waals surface area contributed by atoms with Crippen molar-refractivity contribution in [3.8, 4) is 0 Å². The van der Waals surface area contributed by atoms with E-state index < -0.39 is 24.0 Å². The maximum absolute atomic E-state index is 12.3. The van der Waals surface area contributed by atoms with Crippen LogP contribution in [0.1, 0.15) is 39.0 Å². The van der Waals surface area contributed by atoms with Gasteiger partial charge in [0.25, 0.3) is 0 Å². The van der Waals surface area contributed by atoms with E-state index in [1.165, 1.54) is 0 Å². The van der Waals surface area contributed by atoms with E-state index in [1.807, 2.05) is 6.92 Å². The van der Waals surface area contributed by atoms with E-state index in [0.717, 1.165) is 19.3 Å². The summed E-state index contributed by atoms with van der Waals surface area (Å²) in [4.78, 5) is 23.6. The highest BCUT2D eigenvalue weighted by Crippen LogP contribution is 2.24. The zero-order chi connectivity index (χ0) is 15.2. The molecule has 1 aliphatic heterocycles. The van der Waals surface area contributed by atoms with Crippen LogP contribution in [-0.2, 0) is 14.3 Å². The molecular formula is C13H20F3NO3. The van der Waals surface area contributed by atoms with Gasteiger partial charge >= 0.3 is 18.1 Å². The zero-order valence-electron chi connectivity index (χ0n) is 11.5. The number of likely N-dealkylation sites (tertiary alicyclic amines) is 1. The molecule has 116 valence electrons. The second-order valence-electron chi connectivity index (χ2n) is 4.96. The van der Waals surface area contributed by atoms with Crippen LogP contribution in [0.4, 0.5) is 13.2 Å². The Morgan fingerprint density at radius 2 is 2.00 bits per heavy atom. The smallest absolute Gasteiger partial charge is 0.465 e. The third-order valence-electron chi connectivity index (χ3n) is 3.28. The average molecular weight is 295 g/mol. The van der Waals surface area contributed by atoms with Crippen LogP contribution in [0.5, 0.6) is 0 Å². The Morgan fingerprint density at radius 1 is 1.30 bits per heavy atom. The molecule has 1 rings (SSSR count). The Balaban J connectivity index is 2.44. The van der Waals surface area contributed by atoms with Crippen LogP contribution in [0.25, 0.3) is 0 Å². The van der Waals surface area contributed by atoms with Crippen LogP contribution in [-0.4, -0.2) is 42.6 Å². The molecule has 0 bridgehead atoms. The number of carbonyl (C=O) groups is 2. The van der Waals surface area contributed by atoms with Gasteiger partial charge in [-0.15, -0.1) is 0 Å². The Hall–Kier alpha value is -1.27. The lowest BCUT2D eigenvalue weighted by atomic mass is 9.98. The number of unbranched alkanes of at least 4 members (excludes halogenated alkanes) is 2. The summed E-state index contributed by atoms with van der Waals surface area (Å²) in [7, 11) is 0. The summed E-state index contributed by atoms with van der Waals surface area (Å²) in [5, 5.41) is 0. The van der Waals surface area contributed by atoms with E-state index in [2.05, 4.69) is 0 Å². The Morgan fingerprint density at radius 3 is 2.60 bits per heavy atom. The number of alkyl halides is 3. The van der Waals surface area contributed by atoms with Crippen molar-refractivity contribution in [1.29, 1.82) is 0 Å². The minimum Gasteiger partial charge on any atom is -0.465 e. The van der Waals surface area contributed by atoms with Gasteiger partial charge < -0.3 is 9.64 Å². The van der Waals surface area contributed by atoms with E-state index >= 15 is 0 Å². The van der Waals surface area contributed by atoms with Crippen LogP contribution in [0.15, 0.2) is 0 Å². The summed E-state index contributed by atoms with van der Waals surface area (Å²) in [5.74, 6) is -3.02. The number of carbonyl (C=O) groups excluding carboxylic acids is 2. The SMILES string of the molecule is CCCCCOC(=O)[C@@H]1CCCN(C(=O)C(F)(F)F)C1. The number of hydrogen-bond acceptors (Lipinski definition) is 3. The molecule has 0 aromatic carbocycles. The molecule has 1 atom stereocenters. The number of esters is 1. The number of amides is 1. The first-order chi connectivity index (χ1) is 9.36. The highest BCUT2D eigenvalue weighted by atomic mass is 19.4. The van der Waals surface area contributed by atoms with Gasteiger partial charge in [0.15, 0.2) is 0 Å². The molecule has 1 amide bonds. The van der Waals surface area contributed by atoms with Crippen molar-refractivity contribution in [2.24, 2.45) is 5.92 Å². The Bertz CT molecular complexity index is 344. The van der Waals surface area contributed by atoms with E-state index in [1.54, 1.807) is 0 Å². The van der Waals surface area contributed by atoms with E-state index in [9.17, 15) is 22.8 Å². The lowest BCUT2D eigenvalue weighted by Crippen LogP contribution is -2.48. The number of piperidine rings is 1. The minimum atomic E-state index is -4.88. The molecule has 4 nitrogen and oxygen atoms in total. The van der Waals surface area contributed by atoms with Crippen molar-refractivity contribution in [2.75, 3.05) is 19.7 Å². The molecule has 7 heteroatoms. The second-order valence-corrected chi connectivity index (χ2v) is 4.96. The predicted molar refractivity (Wildman–Crippen MR) is 65.8 cm³/mol. The summed E-state index contributed by atoms with van der Waals surface area (Å²) < 4.78 is 42.1. The molecule has 20 heavy (non-hydrogen) atoms. The lowest BCUT2D eigenvalue weighted by Gasteiger charge is -2.31. The molecule has 0 N–H and O–H groups in total. The first kappa shape index (κ1) is 16.8. The van der Waals surface area contributed by atoms with Crippen molar-refractivity contribution in [2.45, 2.75) is 45.2 Å². The maximum atomic E-state index is 12.3. The van der Waals surface area contributed by atoms with Crippen LogP contribution in [0.3, 0.4) is 0 Å². The molecule has 0 spiro atoms. The molecule has 1 fully saturated rings. The van der Waals surface area contributed by atoms with Crippen LogP contribution < -0.4 is 0 Å². The molecule has 0 aliphatic carbocycles. The molecule has 0 unspecified atom stereocenters. The second kappa shape index (κ2) is 7.50. The van der Waals surface area contributed by atoms with Crippen molar-refractivity contribution >= 4 is 11.9 Å². The summed E-state index contributed by atoms with van der Waals surface area (Å²) in [6.07, 6.45) is -1.34. The fraction of sp³-hybridized carbons (Fsp3) is 0.846. The normalized spacial score (nSPS) is 19.8. The predicted octanol–water partition coefficient (Wildman–Crippen LogP) is 2.52. The van der Waals surface area contributed by atoms with Gasteiger partial charge in [-0.25, -0.2) is 0 Å². The van der Waals surface area contributed by atoms with Crippen LogP contribution in [0.2, 0.25) is 0 Å². The summed E-state index contributed by atoms with van der Waals surface area (Å²) in [5.41, 5.74) is 0. The van der Waals surface area contributed by atoms with E-state index in [-0.39, 0.29) is 19.7 Å². The fourth-order valence-corrected chi connectivity index (χ4v) is 2.18. The van der Waals surface area contributed by atoms with Gasteiger partial charge in [0, 0.05) is 13.1 Å². The molecule has 0 aromatic heterocycles. The van der Waals surface area contributed by atoms with Gasteiger partial charge in [-0.1, -0.05) is 19.8 Å². The topological polar surface area (TPSA) is 46.6 Å². The number of nitrogens with zero attached hydrogens (tertiary/aromatic N) is 1. The molecular weight excluding hydrogens is 275 g/mol.